The summed E-state index contributed by atoms with van der Waals surface area (Å²) in [6.07, 6.45) is 2.18. The lowest BCUT2D eigenvalue weighted by molar-refractivity contribution is 0.0672. The molecule has 4 heteroatoms. The predicted octanol–water partition coefficient (Wildman–Crippen LogP) is 2.60. The van der Waals surface area contributed by atoms with Crippen LogP contribution < -0.4 is 0 Å². The number of carbonyl (C=O) groups is 1. The third kappa shape index (κ3) is 3.41. The fourth-order valence-electron chi connectivity index (χ4n) is 2.62. The summed E-state index contributed by atoms with van der Waals surface area (Å²) < 4.78 is 0. The molecule has 1 aliphatic heterocycles. The molecule has 2 rings (SSSR count). The molecule has 0 saturated carbocycles. The molecule has 1 aromatic rings. The van der Waals surface area contributed by atoms with E-state index in [0.29, 0.717) is 10.8 Å². The van der Waals surface area contributed by atoms with Gasteiger partial charge in [0.15, 0.2) is 0 Å². The zero-order chi connectivity index (χ0) is 14.5. The Bertz CT molecular complexity index is 516. The number of likely N-dealkylation sites (tertiary alicyclic amines) is 1. The number of aliphatic hydroxyl groups is 1. The Morgan fingerprint density at radius 3 is 2.80 bits per heavy atom. The van der Waals surface area contributed by atoms with Crippen LogP contribution in [-0.4, -0.2) is 35.6 Å². The molecule has 1 saturated heterocycles. The molecular formula is C16H21NO2S. The average Bonchev–Trinajstić information content (AvgIpc) is 2.92. The molecule has 0 atom stereocenters. The highest BCUT2D eigenvalue weighted by Gasteiger charge is 2.26. The summed E-state index contributed by atoms with van der Waals surface area (Å²) in [6, 6.07) is 1.85. The van der Waals surface area contributed by atoms with E-state index >= 15 is 0 Å². The largest absolute Gasteiger partial charge is 0.384 e. The van der Waals surface area contributed by atoms with Crippen LogP contribution in [0.2, 0.25) is 0 Å². The van der Waals surface area contributed by atoms with Crippen LogP contribution >= 0.6 is 11.3 Å². The maximum Gasteiger partial charge on any atom is 0.265 e. The smallest absolute Gasteiger partial charge is 0.265 e. The Labute approximate surface area is 124 Å². The van der Waals surface area contributed by atoms with Gasteiger partial charge in [-0.3, -0.25) is 4.79 Å². The number of carbonyl (C=O) groups excluding carboxylic acids is 1. The van der Waals surface area contributed by atoms with Gasteiger partial charge >= 0.3 is 0 Å². The first kappa shape index (κ1) is 15.1. The number of amides is 1. The fourth-order valence-corrected chi connectivity index (χ4v) is 3.44. The van der Waals surface area contributed by atoms with Crippen LogP contribution in [-0.2, 0) is 0 Å². The minimum Gasteiger partial charge on any atom is -0.384 e. The van der Waals surface area contributed by atoms with Crippen LogP contribution in [0.25, 0.3) is 0 Å². The van der Waals surface area contributed by atoms with Gasteiger partial charge in [0.05, 0.1) is 0 Å². The lowest BCUT2D eigenvalue weighted by Gasteiger charge is -2.33. The summed E-state index contributed by atoms with van der Waals surface area (Å²) in [5.41, 5.74) is 0.736. The standard InChI is InChI=1S/C16H21NO2S/c1-12(2)13-5-8-17(9-6-13)16(19)15-14(4-3-10-18)7-11-20-15/h7,11-13,18H,5-6,8-10H2,1-2H3. The van der Waals surface area contributed by atoms with Gasteiger partial charge in [0.1, 0.15) is 11.5 Å². The lowest BCUT2D eigenvalue weighted by Crippen LogP contribution is -2.39. The molecule has 0 aliphatic carbocycles. The molecule has 3 nitrogen and oxygen atoms in total. The van der Waals surface area contributed by atoms with Crippen molar-refractivity contribution in [3.8, 4) is 11.8 Å². The van der Waals surface area contributed by atoms with E-state index in [1.165, 1.54) is 11.3 Å². The van der Waals surface area contributed by atoms with Crippen molar-refractivity contribution in [1.82, 2.24) is 4.90 Å². The zero-order valence-electron chi connectivity index (χ0n) is 12.1. The van der Waals surface area contributed by atoms with E-state index in [-0.39, 0.29) is 12.5 Å². The van der Waals surface area contributed by atoms with E-state index in [1.54, 1.807) is 0 Å². The first-order chi connectivity index (χ1) is 9.63. The van der Waals surface area contributed by atoms with Gasteiger partial charge in [-0.2, -0.15) is 0 Å². The van der Waals surface area contributed by atoms with Crippen LogP contribution in [0.1, 0.15) is 41.9 Å². The Hall–Kier alpha value is -1.31. The molecule has 1 fully saturated rings. The van der Waals surface area contributed by atoms with Crippen LogP contribution in [0.3, 0.4) is 0 Å². The molecule has 20 heavy (non-hydrogen) atoms. The molecule has 1 N–H and O–H groups in total. The number of thiophene rings is 1. The molecule has 0 spiro atoms. The third-order valence-electron chi connectivity index (χ3n) is 3.93. The molecule has 0 radical (unpaired) electrons. The van der Waals surface area contributed by atoms with Crippen LogP contribution in [0.15, 0.2) is 11.4 Å². The van der Waals surface area contributed by atoms with E-state index in [4.69, 9.17) is 5.11 Å². The van der Waals surface area contributed by atoms with Gasteiger partial charge < -0.3 is 10.0 Å². The summed E-state index contributed by atoms with van der Waals surface area (Å²) in [5.74, 6) is 6.98. The SMILES string of the molecule is CC(C)C1CCN(C(=O)c2sccc2C#CCO)CC1. The van der Waals surface area contributed by atoms with E-state index < -0.39 is 0 Å². The van der Waals surface area contributed by atoms with Gasteiger partial charge in [0, 0.05) is 18.7 Å². The highest BCUT2D eigenvalue weighted by atomic mass is 32.1. The lowest BCUT2D eigenvalue weighted by atomic mass is 9.86. The van der Waals surface area contributed by atoms with Crippen molar-refractivity contribution in [2.75, 3.05) is 19.7 Å². The molecule has 0 unspecified atom stereocenters. The third-order valence-corrected chi connectivity index (χ3v) is 4.83. The predicted molar refractivity (Wildman–Crippen MR) is 81.7 cm³/mol. The van der Waals surface area contributed by atoms with Crippen molar-refractivity contribution >= 4 is 17.2 Å². The van der Waals surface area contributed by atoms with Crippen molar-refractivity contribution in [1.29, 1.82) is 0 Å². The first-order valence-electron chi connectivity index (χ1n) is 7.10. The number of aliphatic hydroxyl groups excluding tert-OH is 1. The number of nitrogens with zero attached hydrogens (tertiary/aromatic N) is 1. The second-order valence-electron chi connectivity index (χ2n) is 5.50. The van der Waals surface area contributed by atoms with Gasteiger partial charge in [-0.1, -0.05) is 25.7 Å². The maximum absolute atomic E-state index is 12.5. The molecule has 108 valence electrons. The van der Waals surface area contributed by atoms with Crippen LogP contribution in [0, 0.1) is 23.7 Å². The molecule has 1 aliphatic rings. The van der Waals surface area contributed by atoms with Gasteiger partial charge in [0.2, 0.25) is 0 Å². The number of rotatable bonds is 2. The minimum absolute atomic E-state index is 0.0874. The molecule has 0 aromatic carbocycles. The molecule has 2 heterocycles. The number of hydrogen-bond acceptors (Lipinski definition) is 3. The van der Waals surface area contributed by atoms with Crippen LogP contribution in [0.5, 0.6) is 0 Å². The summed E-state index contributed by atoms with van der Waals surface area (Å²) in [5, 5.41) is 10.6. The highest BCUT2D eigenvalue weighted by Crippen LogP contribution is 2.26. The number of piperidine rings is 1. The molecular weight excluding hydrogens is 270 g/mol. The van der Waals surface area contributed by atoms with Crippen molar-refractivity contribution in [2.24, 2.45) is 11.8 Å². The van der Waals surface area contributed by atoms with Crippen molar-refractivity contribution in [2.45, 2.75) is 26.7 Å². The second kappa shape index (κ2) is 6.92. The zero-order valence-corrected chi connectivity index (χ0v) is 12.9. The molecule has 1 amide bonds. The summed E-state index contributed by atoms with van der Waals surface area (Å²) >= 11 is 1.43. The normalized spacial score (nSPS) is 16.1. The Morgan fingerprint density at radius 2 is 2.20 bits per heavy atom. The van der Waals surface area contributed by atoms with E-state index in [2.05, 4.69) is 25.7 Å². The van der Waals surface area contributed by atoms with Gasteiger partial charge in [-0.15, -0.1) is 11.3 Å². The highest BCUT2D eigenvalue weighted by molar-refractivity contribution is 7.12. The van der Waals surface area contributed by atoms with Crippen molar-refractivity contribution in [3.63, 3.8) is 0 Å². The van der Waals surface area contributed by atoms with Crippen molar-refractivity contribution < 1.29 is 9.90 Å². The summed E-state index contributed by atoms with van der Waals surface area (Å²) in [6.45, 7) is 6.01. The summed E-state index contributed by atoms with van der Waals surface area (Å²) in [7, 11) is 0. The van der Waals surface area contributed by atoms with Crippen LogP contribution in [0.4, 0.5) is 0 Å². The van der Waals surface area contributed by atoms with E-state index in [1.807, 2.05) is 16.3 Å². The first-order valence-corrected chi connectivity index (χ1v) is 7.98. The maximum atomic E-state index is 12.5. The Morgan fingerprint density at radius 1 is 1.50 bits per heavy atom. The topological polar surface area (TPSA) is 40.5 Å². The molecule has 0 bridgehead atoms. The quantitative estimate of drug-likeness (QED) is 0.851. The minimum atomic E-state index is -0.177. The van der Waals surface area contributed by atoms with Gasteiger partial charge in [-0.25, -0.2) is 0 Å². The Balaban J connectivity index is 2.04. The second-order valence-corrected chi connectivity index (χ2v) is 6.41. The summed E-state index contributed by atoms with van der Waals surface area (Å²) in [4.78, 5) is 15.2. The molecule has 1 aromatic heterocycles. The van der Waals surface area contributed by atoms with E-state index in [9.17, 15) is 4.79 Å². The Kier molecular flexibility index (Phi) is 5.22. The van der Waals surface area contributed by atoms with Crippen molar-refractivity contribution in [3.05, 3.63) is 21.9 Å². The monoisotopic (exact) mass is 291 g/mol. The fraction of sp³-hybridized carbons (Fsp3) is 0.562. The number of hydrogen-bond donors (Lipinski definition) is 1. The average molecular weight is 291 g/mol. The van der Waals surface area contributed by atoms with Gasteiger partial charge in [0.25, 0.3) is 5.91 Å². The van der Waals surface area contributed by atoms with Gasteiger partial charge in [-0.05, 0) is 36.1 Å². The van der Waals surface area contributed by atoms with E-state index in [0.717, 1.165) is 37.4 Å².